The van der Waals surface area contributed by atoms with Gasteiger partial charge < -0.3 is 5.32 Å². The Morgan fingerprint density at radius 1 is 1.22 bits per heavy atom. The average molecular weight is 279 g/mol. The first kappa shape index (κ1) is 13.4. The first-order valence-electron chi connectivity index (χ1n) is 5.87. The number of hydrogen-bond donors (Lipinski definition) is 1. The molecule has 0 aliphatic rings. The summed E-state index contributed by atoms with van der Waals surface area (Å²) in [4.78, 5) is 5.54. The Bertz CT molecular complexity index is 499. The molecule has 2 aromatic rings. The highest BCUT2D eigenvalue weighted by atomic mass is 35.5. The van der Waals surface area contributed by atoms with Crippen LogP contribution in [0.15, 0.2) is 52.5 Å². The van der Waals surface area contributed by atoms with E-state index in [0.717, 1.165) is 18.1 Å². The molecular formula is C14H15ClN2S. The number of pyridine rings is 1. The van der Waals surface area contributed by atoms with Crippen LogP contribution < -0.4 is 5.32 Å². The molecule has 0 amide bonds. The van der Waals surface area contributed by atoms with Gasteiger partial charge in [0.15, 0.2) is 0 Å². The van der Waals surface area contributed by atoms with Crippen molar-refractivity contribution < 1.29 is 0 Å². The summed E-state index contributed by atoms with van der Waals surface area (Å²) in [5, 5.41) is 4.97. The summed E-state index contributed by atoms with van der Waals surface area (Å²) >= 11 is 7.50. The van der Waals surface area contributed by atoms with E-state index in [4.69, 9.17) is 11.6 Å². The van der Waals surface area contributed by atoms with Gasteiger partial charge in [-0.1, -0.05) is 48.5 Å². The van der Waals surface area contributed by atoms with Crippen LogP contribution in [0.25, 0.3) is 0 Å². The van der Waals surface area contributed by atoms with Crippen molar-refractivity contribution in [3.63, 3.8) is 0 Å². The van der Waals surface area contributed by atoms with Crippen molar-refractivity contribution in [3.8, 4) is 0 Å². The summed E-state index contributed by atoms with van der Waals surface area (Å²) in [6.45, 7) is 3.96. The van der Waals surface area contributed by atoms with Crippen molar-refractivity contribution in [2.45, 2.75) is 23.4 Å². The van der Waals surface area contributed by atoms with Gasteiger partial charge in [0, 0.05) is 17.6 Å². The molecule has 0 spiro atoms. The molecule has 0 bridgehead atoms. The molecule has 0 saturated heterocycles. The van der Waals surface area contributed by atoms with E-state index >= 15 is 0 Å². The molecule has 0 fully saturated rings. The highest BCUT2D eigenvalue weighted by Crippen LogP contribution is 2.29. The first-order chi connectivity index (χ1) is 8.79. The van der Waals surface area contributed by atoms with Gasteiger partial charge in [0.2, 0.25) is 0 Å². The standard InChI is InChI=1S/C14H15ClN2S/c1-2-16-9-11-5-3-4-6-13(11)18-14-8-7-12(15)10-17-14/h3-8,10,16H,2,9H2,1H3. The minimum Gasteiger partial charge on any atom is -0.313 e. The molecule has 94 valence electrons. The Balaban J connectivity index is 2.15. The molecule has 1 N–H and O–H groups in total. The molecule has 0 radical (unpaired) electrons. The molecule has 1 aromatic heterocycles. The zero-order valence-corrected chi connectivity index (χ0v) is 11.8. The number of nitrogens with one attached hydrogen (secondary N) is 1. The van der Waals surface area contributed by atoms with E-state index in [1.165, 1.54) is 10.5 Å². The number of hydrogen-bond acceptors (Lipinski definition) is 3. The average Bonchev–Trinajstić information content (AvgIpc) is 2.40. The molecule has 0 saturated carbocycles. The van der Waals surface area contributed by atoms with Crippen LogP contribution in [-0.4, -0.2) is 11.5 Å². The Morgan fingerprint density at radius 3 is 2.78 bits per heavy atom. The number of rotatable bonds is 5. The number of nitrogens with zero attached hydrogens (tertiary/aromatic N) is 1. The van der Waals surface area contributed by atoms with Gasteiger partial charge in [0.05, 0.1) is 5.02 Å². The predicted octanol–water partition coefficient (Wildman–Crippen LogP) is 4.00. The minimum absolute atomic E-state index is 0.667. The summed E-state index contributed by atoms with van der Waals surface area (Å²) in [6, 6.07) is 12.2. The quantitative estimate of drug-likeness (QED) is 0.895. The van der Waals surface area contributed by atoms with Gasteiger partial charge in [-0.05, 0) is 30.3 Å². The van der Waals surface area contributed by atoms with Crippen molar-refractivity contribution in [1.29, 1.82) is 0 Å². The first-order valence-corrected chi connectivity index (χ1v) is 7.07. The van der Waals surface area contributed by atoms with Crippen LogP contribution in [0.2, 0.25) is 5.02 Å². The number of benzene rings is 1. The SMILES string of the molecule is CCNCc1ccccc1Sc1ccc(Cl)cn1. The Labute approximate surface area is 117 Å². The van der Waals surface area contributed by atoms with Crippen LogP contribution in [0.5, 0.6) is 0 Å². The van der Waals surface area contributed by atoms with E-state index in [2.05, 4.69) is 35.4 Å². The van der Waals surface area contributed by atoms with Crippen LogP contribution in [0.1, 0.15) is 12.5 Å². The topological polar surface area (TPSA) is 24.9 Å². The van der Waals surface area contributed by atoms with Crippen LogP contribution in [0.3, 0.4) is 0 Å². The second-order valence-electron chi connectivity index (χ2n) is 3.80. The molecule has 1 heterocycles. The maximum Gasteiger partial charge on any atom is 0.101 e. The third-order valence-electron chi connectivity index (χ3n) is 2.45. The Morgan fingerprint density at radius 2 is 2.06 bits per heavy atom. The summed E-state index contributed by atoms with van der Waals surface area (Å²) in [5.41, 5.74) is 1.29. The van der Waals surface area contributed by atoms with E-state index in [1.807, 2.05) is 18.2 Å². The normalized spacial score (nSPS) is 10.6. The molecular weight excluding hydrogens is 264 g/mol. The third kappa shape index (κ3) is 3.73. The van der Waals surface area contributed by atoms with Crippen molar-refractivity contribution in [2.75, 3.05) is 6.54 Å². The molecule has 2 rings (SSSR count). The molecule has 0 aliphatic heterocycles. The summed E-state index contributed by atoms with van der Waals surface area (Å²) < 4.78 is 0. The summed E-state index contributed by atoms with van der Waals surface area (Å²) in [7, 11) is 0. The van der Waals surface area contributed by atoms with Gasteiger partial charge in [-0.2, -0.15) is 0 Å². The Hall–Kier alpha value is -1.03. The van der Waals surface area contributed by atoms with E-state index in [1.54, 1.807) is 18.0 Å². The highest BCUT2D eigenvalue weighted by molar-refractivity contribution is 7.99. The van der Waals surface area contributed by atoms with Crippen LogP contribution in [0.4, 0.5) is 0 Å². The zero-order chi connectivity index (χ0) is 12.8. The molecule has 4 heteroatoms. The molecule has 2 nitrogen and oxygen atoms in total. The van der Waals surface area contributed by atoms with Crippen molar-refractivity contribution >= 4 is 23.4 Å². The lowest BCUT2D eigenvalue weighted by Crippen LogP contribution is -2.12. The largest absolute Gasteiger partial charge is 0.313 e. The summed E-state index contributed by atoms with van der Waals surface area (Å²) in [5.74, 6) is 0. The predicted molar refractivity (Wildman–Crippen MR) is 77.2 cm³/mol. The van der Waals surface area contributed by atoms with Crippen molar-refractivity contribution in [1.82, 2.24) is 10.3 Å². The van der Waals surface area contributed by atoms with Gasteiger partial charge in [-0.15, -0.1) is 0 Å². The second-order valence-corrected chi connectivity index (χ2v) is 5.30. The zero-order valence-electron chi connectivity index (χ0n) is 10.2. The van der Waals surface area contributed by atoms with E-state index in [0.29, 0.717) is 5.02 Å². The van der Waals surface area contributed by atoms with Gasteiger partial charge in [0.25, 0.3) is 0 Å². The smallest absolute Gasteiger partial charge is 0.101 e. The highest BCUT2D eigenvalue weighted by Gasteiger charge is 2.04. The maximum absolute atomic E-state index is 5.83. The number of halogens is 1. The summed E-state index contributed by atoms with van der Waals surface area (Å²) in [6.07, 6.45) is 1.68. The van der Waals surface area contributed by atoms with E-state index in [-0.39, 0.29) is 0 Å². The van der Waals surface area contributed by atoms with Crippen molar-refractivity contribution in [2.24, 2.45) is 0 Å². The Kier molecular flexibility index (Phi) is 5.05. The molecule has 0 unspecified atom stereocenters. The fraction of sp³-hybridized carbons (Fsp3) is 0.214. The molecule has 1 aromatic carbocycles. The van der Waals surface area contributed by atoms with Crippen LogP contribution in [-0.2, 0) is 6.54 Å². The molecule has 18 heavy (non-hydrogen) atoms. The van der Waals surface area contributed by atoms with E-state index < -0.39 is 0 Å². The second kappa shape index (κ2) is 6.78. The lowest BCUT2D eigenvalue weighted by atomic mass is 10.2. The van der Waals surface area contributed by atoms with Gasteiger partial charge in [-0.3, -0.25) is 0 Å². The molecule has 0 aliphatic carbocycles. The number of aromatic nitrogens is 1. The fourth-order valence-electron chi connectivity index (χ4n) is 1.54. The van der Waals surface area contributed by atoms with Crippen LogP contribution in [0, 0.1) is 0 Å². The monoisotopic (exact) mass is 278 g/mol. The fourth-order valence-corrected chi connectivity index (χ4v) is 2.54. The third-order valence-corrected chi connectivity index (χ3v) is 3.75. The van der Waals surface area contributed by atoms with Crippen molar-refractivity contribution in [3.05, 3.63) is 53.2 Å². The van der Waals surface area contributed by atoms with Gasteiger partial charge in [0.1, 0.15) is 5.03 Å². The molecule has 0 atom stereocenters. The maximum atomic E-state index is 5.83. The van der Waals surface area contributed by atoms with Crippen LogP contribution >= 0.6 is 23.4 Å². The van der Waals surface area contributed by atoms with Gasteiger partial charge in [-0.25, -0.2) is 4.98 Å². The van der Waals surface area contributed by atoms with Gasteiger partial charge >= 0.3 is 0 Å². The minimum atomic E-state index is 0.667. The lowest BCUT2D eigenvalue weighted by Gasteiger charge is -2.08. The van der Waals surface area contributed by atoms with E-state index in [9.17, 15) is 0 Å². The lowest BCUT2D eigenvalue weighted by molar-refractivity contribution is 0.718.